The molecule has 4 nitrogen and oxygen atoms in total. The number of nitrogens with zero attached hydrogens (tertiary/aromatic N) is 2. The molecule has 0 radical (unpaired) electrons. The van der Waals surface area contributed by atoms with Crippen molar-refractivity contribution in [3.8, 4) is 5.69 Å². The van der Waals surface area contributed by atoms with E-state index in [-0.39, 0.29) is 6.42 Å². The van der Waals surface area contributed by atoms with Crippen LogP contribution >= 0.6 is 0 Å². The van der Waals surface area contributed by atoms with Crippen LogP contribution in [0.3, 0.4) is 0 Å². The van der Waals surface area contributed by atoms with Gasteiger partial charge in [0.25, 0.3) is 0 Å². The van der Waals surface area contributed by atoms with E-state index in [1.807, 2.05) is 36.6 Å². The van der Waals surface area contributed by atoms with Gasteiger partial charge in [-0.1, -0.05) is 6.07 Å². The number of aliphatic carboxylic acids is 1. The molecule has 2 rings (SSSR count). The molecule has 0 aliphatic carbocycles. The van der Waals surface area contributed by atoms with Crippen molar-refractivity contribution < 1.29 is 9.90 Å². The summed E-state index contributed by atoms with van der Waals surface area (Å²) in [6.45, 7) is 5.92. The van der Waals surface area contributed by atoms with Crippen LogP contribution in [0.2, 0.25) is 0 Å². The van der Waals surface area contributed by atoms with Crippen molar-refractivity contribution in [2.24, 2.45) is 0 Å². The van der Waals surface area contributed by atoms with E-state index in [4.69, 9.17) is 5.11 Å². The maximum atomic E-state index is 10.9. The fourth-order valence-electron chi connectivity index (χ4n) is 1.92. The highest BCUT2D eigenvalue weighted by Gasteiger charge is 2.12. The van der Waals surface area contributed by atoms with Crippen LogP contribution in [0.15, 0.2) is 24.5 Å². The Labute approximate surface area is 106 Å². The van der Waals surface area contributed by atoms with E-state index in [1.54, 1.807) is 6.33 Å². The first-order valence-corrected chi connectivity index (χ1v) is 5.81. The number of aromatic nitrogens is 2. The number of rotatable bonds is 3. The van der Waals surface area contributed by atoms with Crippen LogP contribution in [-0.4, -0.2) is 20.6 Å². The molecule has 0 atom stereocenters. The number of aryl methyl sites for hydroxylation is 3. The number of carboxylic acid groups (broad SMARTS) is 1. The molecular formula is C14H16N2O2. The monoisotopic (exact) mass is 244 g/mol. The molecule has 18 heavy (non-hydrogen) atoms. The Morgan fingerprint density at radius 3 is 2.61 bits per heavy atom. The number of imidazole rings is 1. The summed E-state index contributed by atoms with van der Waals surface area (Å²) in [6.07, 6.45) is 1.66. The van der Waals surface area contributed by atoms with Gasteiger partial charge in [0.2, 0.25) is 0 Å². The lowest BCUT2D eigenvalue weighted by molar-refractivity contribution is -0.136. The van der Waals surface area contributed by atoms with Crippen molar-refractivity contribution in [1.29, 1.82) is 0 Å². The van der Waals surface area contributed by atoms with E-state index < -0.39 is 5.97 Å². The van der Waals surface area contributed by atoms with Crippen LogP contribution in [0.1, 0.15) is 22.5 Å². The van der Waals surface area contributed by atoms with Crippen molar-refractivity contribution in [1.82, 2.24) is 9.55 Å². The van der Waals surface area contributed by atoms with Gasteiger partial charge in [0.1, 0.15) is 0 Å². The Morgan fingerprint density at radius 1 is 1.28 bits per heavy atom. The molecule has 1 aromatic carbocycles. The van der Waals surface area contributed by atoms with E-state index in [1.165, 1.54) is 11.1 Å². The van der Waals surface area contributed by atoms with Crippen LogP contribution in [-0.2, 0) is 11.2 Å². The van der Waals surface area contributed by atoms with E-state index >= 15 is 0 Å². The number of benzene rings is 1. The van der Waals surface area contributed by atoms with Gasteiger partial charge in [0, 0.05) is 5.69 Å². The molecule has 0 bridgehead atoms. The van der Waals surface area contributed by atoms with Crippen molar-refractivity contribution in [2.75, 3.05) is 0 Å². The molecule has 94 valence electrons. The zero-order chi connectivity index (χ0) is 13.3. The predicted octanol–water partition coefficient (Wildman–Crippen LogP) is 2.42. The molecule has 0 spiro atoms. The smallest absolute Gasteiger partial charge is 0.309 e. The summed E-state index contributed by atoms with van der Waals surface area (Å²) in [7, 11) is 0. The van der Waals surface area contributed by atoms with Gasteiger partial charge in [-0.15, -0.1) is 0 Å². The molecule has 0 aliphatic heterocycles. The van der Waals surface area contributed by atoms with E-state index in [9.17, 15) is 4.79 Å². The van der Waals surface area contributed by atoms with Crippen molar-refractivity contribution in [3.63, 3.8) is 0 Å². The topological polar surface area (TPSA) is 55.1 Å². The summed E-state index contributed by atoms with van der Waals surface area (Å²) in [5.74, 6) is -0.844. The highest BCUT2D eigenvalue weighted by molar-refractivity contribution is 5.70. The zero-order valence-electron chi connectivity index (χ0n) is 10.8. The first-order valence-electron chi connectivity index (χ1n) is 5.81. The molecule has 2 aromatic rings. The van der Waals surface area contributed by atoms with Gasteiger partial charge in [-0.2, -0.15) is 0 Å². The minimum Gasteiger partial charge on any atom is -0.481 e. The maximum absolute atomic E-state index is 10.9. The first kappa shape index (κ1) is 12.4. The normalized spacial score (nSPS) is 10.6. The quantitative estimate of drug-likeness (QED) is 0.902. The average Bonchev–Trinajstić information content (AvgIpc) is 2.64. The Hall–Kier alpha value is -2.10. The fourth-order valence-corrected chi connectivity index (χ4v) is 1.92. The summed E-state index contributed by atoms with van der Waals surface area (Å²) >= 11 is 0. The van der Waals surface area contributed by atoms with Crippen LogP contribution in [0.25, 0.3) is 5.69 Å². The molecule has 1 heterocycles. The third-order valence-electron chi connectivity index (χ3n) is 3.16. The summed E-state index contributed by atoms with van der Waals surface area (Å²) in [6, 6.07) is 6.06. The lowest BCUT2D eigenvalue weighted by Crippen LogP contribution is -2.07. The lowest BCUT2D eigenvalue weighted by atomic mass is 10.1. The number of carbonyl (C=O) groups is 1. The molecule has 1 aromatic heterocycles. The summed E-state index contributed by atoms with van der Waals surface area (Å²) in [4.78, 5) is 15.1. The van der Waals surface area contributed by atoms with Crippen molar-refractivity contribution >= 4 is 5.97 Å². The predicted molar refractivity (Wildman–Crippen MR) is 69.1 cm³/mol. The van der Waals surface area contributed by atoms with Crippen LogP contribution in [0.5, 0.6) is 0 Å². The van der Waals surface area contributed by atoms with Crippen molar-refractivity contribution in [2.45, 2.75) is 27.2 Å². The minimum atomic E-state index is -0.844. The van der Waals surface area contributed by atoms with E-state index in [0.717, 1.165) is 17.1 Å². The standard InChI is InChI=1S/C14H16N2O2/c1-9-4-5-12(6-10(9)2)16-8-15-11(3)13(16)7-14(17)18/h4-6,8H,7H2,1-3H3,(H,17,18). The zero-order valence-corrected chi connectivity index (χ0v) is 10.8. The van der Waals surface area contributed by atoms with Crippen LogP contribution < -0.4 is 0 Å². The number of carboxylic acids is 1. The third-order valence-corrected chi connectivity index (χ3v) is 3.16. The molecule has 0 saturated heterocycles. The highest BCUT2D eigenvalue weighted by atomic mass is 16.4. The first-order chi connectivity index (χ1) is 8.49. The Kier molecular flexibility index (Phi) is 3.19. The Bertz CT molecular complexity index is 600. The largest absolute Gasteiger partial charge is 0.481 e. The number of hydrogen-bond donors (Lipinski definition) is 1. The molecular weight excluding hydrogens is 228 g/mol. The van der Waals surface area contributed by atoms with E-state index in [2.05, 4.69) is 11.9 Å². The molecule has 0 unspecified atom stereocenters. The highest BCUT2D eigenvalue weighted by Crippen LogP contribution is 2.18. The van der Waals surface area contributed by atoms with E-state index in [0.29, 0.717) is 0 Å². The van der Waals surface area contributed by atoms with Crippen LogP contribution in [0, 0.1) is 20.8 Å². The van der Waals surface area contributed by atoms with Gasteiger partial charge >= 0.3 is 5.97 Å². The molecule has 0 fully saturated rings. The Morgan fingerprint density at radius 2 is 2.00 bits per heavy atom. The minimum absolute atomic E-state index is 0.0151. The summed E-state index contributed by atoms with van der Waals surface area (Å²) < 4.78 is 1.84. The van der Waals surface area contributed by atoms with Gasteiger partial charge in [-0.3, -0.25) is 4.79 Å². The number of hydrogen-bond acceptors (Lipinski definition) is 2. The second kappa shape index (κ2) is 4.64. The second-order valence-corrected chi connectivity index (χ2v) is 4.49. The SMILES string of the molecule is Cc1ccc(-n2cnc(C)c2CC(=O)O)cc1C. The molecule has 4 heteroatoms. The Balaban J connectivity index is 2.50. The molecule has 0 saturated carbocycles. The van der Waals surface area contributed by atoms with Gasteiger partial charge in [-0.25, -0.2) is 4.98 Å². The van der Waals surface area contributed by atoms with Gasteiger partial charge in [0.15, 0.2) is 0 Å². The molecule has 0 amide bonds. The summed E-state index contributed by atoms with van der Waals surface area (Å²) in [5, 5.41) is 8.94. The van der Waals surface area contributed by atoms with Crippen molar-refractivity contribution in [3.05, 3.63) is 47.0 Å². The van der Waals surface area contributed by atoms with Gasteiger partial charge < -0.3 is 9.67 Å². The van der Waals surface area contributed by atoms with Gasteiger partial charge in [-0.05, 0) is 44.0 Å². The third kappa shape index (κ3) is 2.27. The second-order valence-electron chi connectivity index (χ2n) is 4.49. The summed E-state index contributed by atoms with van der Waals surface area (Å²) in [5.41, 5.74) is 4.84. The van der Waals surface area contributed by atoms with Gasteiger partial charge in [0.05, 0.1) is 24.1 Å². The average molecular weight is 244 g/mol. The molecule has 0 aliphatic rings. The lowest BCUT2D eigenvalue weighted by Gasteiger charge is -2.09. The molecule has 1 N–H and O–H groups in total. The van der Waals surface area contributed by atoms with Crippen LogP contribution in [0.4, 0.5) is 0 Å². The fraction of sp³-hybridized carbons (Fsp3) is 0.286. The maximum Gasteiger partial charge on any atom is 0.309 e.